The smallest absolute Gasteiger partial charge is 0.309 e. The molecule has 1 saturated heterocycles. The van der Waals surface area contributed by atoms with Crippen molar-refractivity contribution < 1.29 is 14.3 Å². The number of carbonyl (C=O) groups is 1. The Morgan fingerprint density at radius 1 is 1.47 bits per heavy atom. The van der Waals surface area contributed by atoms with Crippen molar-refractivity contribution in [1.82, 2.24) is 9.97 Å². The van der Waals surface area contributed by atoms with Crippen LogP contribution in [0.1, 0.15) is 19.8 Å². The molecule has 0 aliphatic carbocycles. The second kappa shape index (κ2) is 6.36. The number of hydrogen-bond acceptors (Lipinski definition) is 6. The lowest BCUT2D eigenvalue weighted by Gasteiger charge is -2.30. The van der Waals surface area contributed by atoms with Gasteiger partial charge in [0.25, 0.3) is 0 Å². The Labute approximate surface area is 112 Å². The van der Waals surface area contributed by atoms with Crippen LogP contribution >= 0.6 is 0 Å². The maximum Gasteiger partial charge on any atom is 0.309 e. The molecule has 0 N–H and O–H groups in total. The number of rotatable bonds is 4. The van der Waals surface area contributed by atoms with Crippen LogP contribution in [0, 0.1) is 5.92 Å². The molecule has 2 heterocycles. The van der Waals surface area contributed by atoms with Crippen molar-refractivity contribution in [3.8, 4) is 5.88 Å². The average molecular weight is 265 g/mol. The first kappa shape index (κ1) is 13.6. The molecular formula is C13H19N3O3. The summed E-state index contributed by atoms with van der Waals surface area (Å²) in [4.78, 5) is 22.3. The summed E-state index contributed by atoms with van der Waals surface area (Å²) < 4.78 is 10.1. The minimum absolute atomic E-state index is 0.00167. The molecule has 6 heteroatoms. The van der Waals surface area contributed by atoms with Gasteiger partial charge in [-0.25, -0.2) is 4.98 Å². The van der Waals surface area contributed by atoms with Crippen LogP contribution in [0.5, 0.6) is 5.88 Å². The molecule has 1 aromatic rings. The zero-order chi connectivity index (χ0) is 13.7. The van der Waals surface area contributed by atoms with Crippen LogP contribution in [0.2, 0.25) is 0 Å². The highest BCUT2D eigenvalue weighted by molar-refractivity contribution is 5.72. The number of piperidine rings is 1. The quantitative estimate of drug-likeness (QED) is 0.764. The Morgan fingerprint density at radius 2 is 2.21 bits per heavy atom. The van der Waals surface area contributed by atoms with Gasteiger partial charge in [0.15, 0.2) is 0 Å². The maximum atomic E-state index is 11.6. The first-order chi connectivity index (χ1) is 9.24. The molecule has 0 unspecified atom stereocenters. The highest BCUT2D eigenvalue weighted by Gasteiger charge is 2.27. The van der Waals surface area contributed by atoms with Gasteiger partial charge in [0.2, 0.25) is 11.8 Å². The highest BCUT2D eigenvalue weighted by Crippen LogP contribution is 2.22. The molecule has 1 aliphatic rings. The highest BCUT2D eigenvalue weighted by atomic mass is 16.5. The molecule has 104 valence electrons. The van der Waals surface area contributed by atoms with Crippen molar-refractivity contribution in [1.29, 1.82) is 0 Å². The molecule has 1 aromatic heterocycles. The van der Waals surface area contributed by atoms with Crippen LogP contribution < -0.4 is 9.64 Å². The third-order valence-electron chi connectivity index (χ3n) is 3.22. The van der Waals surface area contributed by atoms with E-state index in [1.54, 1.807) is 19.4 Å². The Morgan fingerprint density at radius 3 is 2.84 bits per heavy atom. The SMILES string of the molecule is CCOC(=O)C1CCN(c2nccc(OC)n2)CC1. The fraction of sp³-hybridized carbons (Fsp3) is 0.615. The zero-order valence-electron chi connectivity index (χ0n) is 11.3. The summed E-state index contributed by atoms with van der Waals surface area (Å²) in [5.41, 5.74) is 0. The molecule has 2 rings (SSSR count). The summed E-state index contributed by atoms with van der Waals surface area (Å²) in [5, 5.41) is 0. The fourth-order valence-corrected chi connectivity index (χ4v) is 2.17. The minimum Gasteiger partial charge on any atom is -0.481 e. The van der Waals surface area contributed by atoms with E-state index in [0.29, 0.717) is 18.4 Å². The summed E-state index contributed by atoms with van der Waals surface area (Å²) in [6.45, 7) is 3.79. The maximum absolute atomic E-state index is 11.6. The van der Waals surface area contributed by atoms with Crippen LogP contribution in [0.4, 0.5) is 5.95 Å². The molecule has 0 bridgehead atoms. The number of ether oxygens (including phenoxy) is 2. The fourth-order valence-electron chi connectivity index (χ4n) is 2.17. The van der Waals surface area contributed by atoms with E-state index in [1.165, 1.54) is 0 Å². The molecule has 1 fully saturated rings. The van der Waals surface area contributed by atoms with E-state index in [1.807, 2.05) is 6.92 Å². The molecule has 0 saturated carbocycles. The Balaban J connectivity index is 1.94. The van der Waals surface area contributed by atoms with E-state index in [9.17, 15) is 4.79 Å². The molecule has 1 aliphatic heterocycles. The molecular weight excluding hydrogens is 246 g/mol. The molecule has 6 nitrogen and oxygen atoms in total. The zero-order valence-corrected chi connectivity index (χ0v) is 11.3. The number of nitrogens with zero attached hydrogens (tertiary/aromatic N) is 3. The summed E-state index contributed by atoms with van der Waals surface area (Å²) in [6, 6.07) is 1.72. The van der Waals surface area contributed by atoms with Gasteiger partial charge in [0.05, 0.1) is 19.6 Å². The second-order valence-electron chi connectivity index (χ2n) is 4.41. The van der Waals surface area contributed by atoms with Crippen molar-refractivity contribution in [2.75, 3.05) is 31.7 Å². The summed E-state index contributed by atoms with van der Waals surface area (Å²) in [7, 11) is 1.58. The average Bonchev–Trinajstić information content (AvgIpc) is 2.48. The van der Waals surface area contributed by atoms with Gasteiger partial charge in [0.1, 0.15) is 0 Å². The molecule has 0 radical (unpaired) electrons. The minimum atomic E-state index is -0.0892. The van der Waals surface area contributed by atoms with Crippen molar-refractivity contribution in [2.24, 2.45) is 5.92 Å². The predicted molar refractivity (Wildman–Crippen MR) is 70.2 cm³/mol. The van der Waals surface area contributed by atoms with Crippen LogP contribution in [0.15, 0.2) is 12.3 Å². The van der Waals surface area contributed by atoms with Crippen LogP contribution in [0.3, 0.4) is 0 Å². The monoisotopic (exact) mass is 265 g/mol. The van der Waals surface area contributed by atoms with E-state index >= 15 is 0 Å². The molecule has 0 amide bonds. The Bertz CT molecular complexity index is 431. The number of aromatic nitrogens is 2. The van der Waals surface area contributed by atoms with E-state index in [-0.39, 0.29) is 11.9 Å². The largest absolute Gasteiger partial charge is 0.481 e. The van der Waals surface area contributed by atoms with Crippen molar-refractivity contribution in [3.63, 3.8) is 0 Å². The van der Waals surface area contributed by atoms with E-state index in [2.05, 4.69) is 14.9 Å². The molecule has 0 atom stereocenters. The van der Waals surface area contributed by atoms with E-state index in [0.717, 1.165) is 25.9 Å². The predicted octanol–water partition coefficient (Wildman–Crippen LogP) is 1.26. The van der Waals surface area contributed by atoms with Gasteiger partial charge in [-0.15, -0.1) is 0 Å². The van der Waals surface area contributed by atoms with E-state index in [4.69, 9.17) is 9.47 Å². The van der Waals surface area contributed by atoms with Crippen molar-refractivity contribution in [2.45, 2.75) is 19.8 Å². The normalized spacial score (nSPS) is 16.2. The number of esters is 1. The number of anilines is 1. The van der Waals surface area contributed by atoms with Gasteiger partial charge in [-0.05, 0) is 19.8 Å². The van der Waals surface area contributed by atoms with Gasteiger partial charge < -0.3 is 14.4 Å². The second-order valence-corrected chi connectivity index (χ2v) is 4.41. The molecule has 0 spiro atoms. The van der Waals surface area contributed by atoms with Crippen LogP contribution in [0.25, 0.3) is 0 Å². The molecule has 19 heavy (non-hydrogen) atoms. The van der Waals surface area contributed by atoms with Crippen molar-refractivity contribution >= 4 is 11.9 Å². The van der Waals surface area contributed by atoms with Gasteiger partial charge in [-0.1, -0.05) is 0 Å². The lowest BCUT2D eigenvalue weighted by atomic mass is 9.97. The summed E-state index contributed by atoms with van der Waals surface area (Å²) >= 11 is 0. The first-order valence-electron chi connectivity index (χ1n) is 6.53. The van der Waals surface area contributed by atoms with E-state index < -0.39 is 0 Å². The van der Waals surface area contributed by atoms with Gasteiger partial charge in [-0.3, -0.25) is 4.79 Å². The van der Waals surface area contributed by atoms with Gasteiger partial charge in [0, 0.05) is 25.4 Å². The topological polar surface area (TPSA) is 64.5 Å². The molecule has 0 aromatic carbocycles. The Kier molecular flexibility index (Phi) is 4.54. The Hall–Kier alpha value is -1.85. The van der Waals surface area contributed by atoms with Gasteiger partial charge in [-0.2, -0.15) is 4.98 Å². The standard InChI is InChI=1S/C13H19N3O3/c1-3-19-12(17)10-5-8-16(9-6-10)13-14-7-4-11(15-13)18-2/h4,7,10H,3,5-6,8-9H2,1-2H3. The third kappa shape index (κ3) is 3.33. The van der Waals surface area contributed by atoms with Crippen LogP contribution in [-0.2, 0) is 9.53 Å². The lowest BCUT2D eigenvalue weighted by Crippen LogP contribution is -2.37. The number of hydrogen-bond donors (Lipinski definition) is 0. The van der Waals surface area contributed by atoms with Crippen molar-refractivity contribution in [3.05, 3.63) is 12.3 Å². The number of methoxy groups -OCH3 is 1. The third-order valence-corrected chi connectivity index (χ3v) is 3.22. The summed E-state index contributed by atoms with van der Waals surface area (Å²) in [5.74, 6) is 1.12. The first-order valence-corrected chi connectivity index (χ1v) is 6.53. The summed E-state index contributed by atoms with van der Waals surface area (Å²) in [6.07, 6.45) is 3.23. The number of carbonyl (C=O) groups excluding carboxylic acids is 1. The van der Waals surface area contributed by atoms with Crippen LogP contribution in [-0.4, -0.2) is 42.7 Å². The van der Waals surface area contributed by atoms with Gasteiger partial charge >= 0.3 is 5.97 Å². The lowest BCUT2D eigenvalue weighted by molar-refractivity contribution is -0.148.